The van der Waals surface area contributed by atoms with E-state index in [2.05, 4.69) is 31.1 Å². The van der Waals surface area contributed by atoms with E-state index in [1.807, 2.05) is 24.3 Å². The molecular formula is C23H25ClN6O. The summed E-state index contributed by atoms with van der Waals surface area (Å²) in [6.45, 7) is 2.67. The summed E-state index contributed by atoms with van der Waals surface area (Å²) >= 11 is 5.91. The molecule has 2 aliphatic rings. The Labute approximate surface area is 186 Å². The van der Waals surface area contributed by atoms with Gasteiger partial charge in [0.05, 0.1) is 42.1 Å². The van der Waals surface area contributed by atoms with E-state index in [-0.39, 0.29) is 0 Å². The summed E-state index contributed by atoms with van der Waals surface area (Å²) in [5, 5.41) is 8.85. The van der Waals surface area contributed by atoms with E-state index >= 15 is 0 Å². The molecule has 160 valence electrons. The third-order valence-electron chi connectivity index (χ3n) is 6.01. The summed E-state index contributed by atoms with van der Waals surface area (Å²) in [5.74, 6) is 3.11. The first-order valence-corrected chi connectivity index (χ1v) is 11.1. The lowest BCUT2D eigenvalue weighted by Gasteiger charge is -2.20. The number of halogens is 1. The number of aromatic nitrogens is 5. The Hall–Kier alpha value is -2.93. The third kappa shape index (κ3) is 4.88. The minimum Gasteiger partial charge on any atom is -0.494 e. The third-order valence-corrected chi connectivity index (χ3v) is 6.20. The lowest BCUT2D eigenvalue weighted by Crippen LogP contribution is -2.26. The molecule has 2 atom stereocenters. The Bertz CT molecular complexity index is 1020. The molecule has 1 fully saturated rings. The van der Waals surface area contributed by atoms with Gasteiger partial charge in [0, 0.05) is 13.1 Å². The van der Waals surface area contributed by atoms with E-state index in [0.29, 0.717) is 10.9 Å². The average Bonchev–Trinajstić information content (AvgIpc) is 3.43. The van der Waals surface area contributed by atoms with Crippen molar-refractivity contribution in [3.63, 3.8) is 0 Å². The van der Waals surface area contributed by atoms with Crippen molar-refractivity contribution in [1.82, 2.24) is 25.0 Å². The van der Waals surface area contributed by atoms with Crippen molar-refractivity contribution < 1.29 is 4.74 Å². The number of ether oxygens (including phenoxy) is 1. The molecule has 8 heteroatoms. The smallest absolute Gasteiger partial charge is 0.225 e. The Morgan fingerprint density at radius 3 is 2.58 bits per heavy atom. The summed E-state index contributed by atoms with van der Waals surface area (Å²) in [7, 11) is 0. The van der Waals surface area contributed by atoms with Crippen LogP contribution in [0, 0.1) is 11.8 Å². The molecule has 3 aromatic rings. The highest BCUT2D eigenvalue weighted by molar-refractivity contribution is 6.30. The molecule has 7 nitrogen and oxygen atoms in total. The number of anilines is 1. The van der Waals surface area contributed by atoms with Crippen molar-refractivity contribution in [1.29, 1.82) is 0 Å². The Balaban J connectivity index is 1.07. The second kappa shape index (κ2) is 9.06. The molecule has 5 rings (SSSR count). The minimum atomic E-state index is 0.575. The van der Waals surface area contributed by atoms with Crippen molar-refractivity contribution in [3.8, 4) is 11.4 Å². The summed E-state index contributed by atoms with van der Waals surface area (Å²) in [6.07, 6.45) is 13.6. The van der Waals surface area contributed by atoms with Crippen LogP contribution in [0.4, 0.5) is 5.95 Å². The topological polar surface area (TPSA) is 69.0 Å². The molecule has 0 saturated heterocycles. The van der Waals surface area contributed by atoms with E-state index in [1.54, 1.807) is 35.2 Å². The maximum atomic E-state index is 5.97. The van der Waals surface area contributed by atoms with Crippen LogP contribution in [0.1, 0.15) is 25.7 Å². The molecule has 1 aliphatic heterocycles. The zero-order chi connectivity index (χ0) is 21.0. The maximum absolute atomic E-state index is 5.97. The van der Waals surface area contributed by atoms with Gasteiger partial charge in [0.2, 0.25) is 5.95 Å². The van der Waals surface area contributed by atoms with Crippen molar-refractivity contribution in [2.45, 2.75) is 25.7 Å². The lowest BCUT2D eigenvalue weighted by atomic mass is 10.0. The Kier molecular flexibility index (Phi) is 5.84. The molecule has 0 spiro atoms. The lowest BCUT2D eigenvalue weighted by molar-refractivity contribution is 0.300. The van der Waals surface area contributed by atoms with E-state index in [1.165, 1.54) is 6.42 Å². The molecule has 2 aromatic heterocycles. The van der Waals surface area contributed by atoms with Gasteiger partial charge < -0.3 is 9.64 Å². The van der Waals surface area contributed by atoms with Crippen LogP contribution in [0.3, 0.4) is 0 Å². The molecule has 0 N–H and O–H groups in total. The van der Waals surface area contributed by atoms with Gasteiger partial charge >= 0.3 is 0 Å². The first-order chi connectivity index (χ1) is 15.3. The van der Waals surface area contributed by atoms with Crippen LogP contribution in [0.5, 0.6) is 5.75 Å². The predicted octanol–water partition coefficient (Wildman–Crippen LogP) is 4.34. The zero-order valence-electron chi connectivity index (χ0n) is 17.3. The molecule has 1 aromatic carbocycles. The molecule has 2 unspecified atom stereocenters. The van der Waals surface area contributed by atoms with Crippen molar-refractivity contribution >= 4 is 17.5 Å². The highest BCUT2D eigenvalue weighted by Crippen LogP contribution is 2.48. The maximum Gasteiger partial charge on any atom is 0.225 e. The van der Waals surface area contributed by atoms with Gasteiger partial charge in [-0.25, -0.2) is 9.97 Å². The standard InChI is InChI=1S/C23H25ClN6O/c24-19-15-25-23(26-16-19)29-11-1-2-17(7-12-29)22-14-18(22)8-13-31-21-5-3-20(4-6-21)30-27-9-10-28-30/h2-6,9-10,15-16,18,22H,1,7-8,11-14H2. The molecular weight excluding hydrogens is 412 g/mol. The second-order valence-corrected chi connectivity index (χ2v) is 8.49. The van der Waals surface area contributed by atoms with E-state index in [4.69, 9.17) is 16.3 Å². The van der Waals surface area contributed by atoms with Crippen LogP contribution in [0.15, 0.2) is 60.7 Å². The molecule has 1 saturated carbocycles. The van der Waals surface area contributed by atoms with Gasteiger partial charge in [-0.2, -0.15) is 15.0 Å². The molecule has 0 radical (unpaired) electrons. The number of hydrogen-bond donors (Lipinski definition) is 0. The zero-order valence-corrected chi connectivity index (χ0v) is 18.0. The molecule has 0 amide bonds. The van der Waals surface area contributed by atoms with E-state index in [0.717, 1.165) is 62.3 Å². The highest BCUT2D eigenvalue weighted by Gasteiger charge is 2.39. The van der Waals surface area contributed by atoms with Gasteiger partial charge in [-0.15, -0.1) is 0 Å². The van der Waals surface area contributed by atoms with E-state index < -0.39 is 0 Å². The fraction of sp³-hybridized carbons (Fsp3) is 0.391. The Morgan fingerprint density at radius 2 is 1.81 bits per heavy atom. The summed E-state index contributed by atoms with van der Waals surface area (Å²) < 4.78 is 5.97. The first kappa shape index (κ1) is 20.0. The van der Waals surface area contributed by atoms with Crippen molar-refractivity contribution in [3.05, 3.63) is 65.7 Å². The van der Waals surface area contributed by atoms with Gasteiger partial charge in [-0.1, -0.05) is 23.3 Å². The largest absolute Gasteiger partial charge is 0.494 e. The van der Waals surface area contributed by atoms with Crippen LogP contribution < -0.4 is 9.64 Å². The van der Waals surface area contributed by atoms with Crippen molar-refractivity contribution in [2.24, 2.45) is 11.8 Å². The normalized spacial score (nSPS) is 20.8. The fourth-order valence-electron chi connectivity index (χ4n) is 4.26. The van der Waals surface area contributed by atoms with Crippen molar-refractivity contribution in [2.75, 3.05) is 24.6 Å². The van der Waals surface area contributed by atoms with Gasteiger partial charge in [-0.05, 0) is 61.8 Å². The summed E-state index contributed by atoms with van der Waals surface area (Å²) in [5.41, 5.74) is 2.52. The SMILES string of the molecule is Clc1cnc(N2CCC=C(C3CC3CCOc3ccc(-n4nccn4)cc3)CC2)nc1. The number of nitrogens with zero attached hydrogens (tertiary/aromatic N) is 6. The van der Waals surface area contributed by atoms with Gasteiger partial charge in [0.25, 0.3) is 0 Å². The molecule has 31 heavy (non-hydrogen) atoms. The minimum absolute atomic E-state index is 0.575. The van der Waals surface area contributed by atoms with Crippen LogP contribution in [-0.4, -0.2) is 44.7 Å². The highest BCUT2D eigenvalue weighted by atomic mass is 35.5. The van der Waals surface area contributed by atoms with Gasteiger partial charge in [0.1, 0.15) is 5.75 Å². The van der Waals surface area contributed by atoms with Gasteiger partial charge in [0.15, 0.2) is 0 Å². The predicted molar refractivity (Wildman–Crippen MR) is 120 cm³/mol. The van der Waals surface area contributed by atoms with Crippen LogP contribution in [0.2, 0.25) is 5.02 Å². The number of rotatable bonds is 7. The van der Waals surface area contributed by atoms with Crippen LogP contribution in [0.25, 0.3) is 5.69 Å². The summed E-state index contributed by atoms with van der Waals surface area (Å²) in [4.78, 5) is 12.6. The number of benzene rings is 1. The quantitative estimate of drug-likeness (QED) is 0.513. The molecule has 1 aliphatic carbocycles. The first-order valence-electron chi connectivity index (χ1n) is 10.8. The van der Waals surface area contributed by atoms with Crippen LogP contribution >= 0.6 is 11.6 Å². The van der Waals surface area contributed by atoms with Crippen LogP contribution in [-0.2, 0) is 0 Å². The summed E-state index contributed by atoms with van der Waals surface area (Å²) in [6, 6.07) is 7.90. The molecule has 3 heterocycles. The van der Waals surface area contributed by atoms with Gasteiger partial charge in [-0.3, -0.25) is 0 Å². The number of hydrogen-bond acceptors (Lipinski definition) is 6. The monoisotopic (exact) mass is 436 g/mol. The average molecular weight is 437 g/mol. The molecule has 0 bridgehead atoms. The Morgan fingerprint density at radius 1 is 1.03 bits per heavy atom. The van der Waals surface area contributed by atoms with E-state index in [9.17, 15) is 0 Å². The second-order valence-electron chi connectivity index (χ2n) is 8.06. The fourth-order valence-corrected chi connectivity index (χ4v) is 4.36.